The molecular formula is C16H34OSn. The van der Waals surface area contributed by atoms with E-state index in [9.17, 15) is 5.11 Å². The summed E-state index contributed by atoms with van der Waals surface area (Å²) >= 11 is -1.91. The van der Waals surface area contributed by atoms with Crippen LogP contribution in [-0.2, 0) is 0 Å². The van der Waals surface area contributed by atoms with Crippen molar-refractivity contribution >= 4 is 18.4 Å². The normalized spacial score (nSPS) is 23.3. The molecule has 1 N–H and O–H groups in total. The Kier molecular flexibility index (Phi) is 8.25. The molecule has 1 nitrogen and oxygen atoms in total. The van der Waals surface area contributed by atoms with Crippen LogP contribution in [0.25, 0.3) is 0 Å². The van der Waals surface area contributed by atoms with E-state index in [1.54, 1.807) is 13.3 Å². The Hall–Kier alpha value is 0.759. The van der Waals surface area contributed by atoms with Crippen molar-refractivity contribution in [2.45, 2.75) is 83.0 Å². The molecule has 1 fully saturated rings. The number of hydrogen-bond donors (Lipinski definition) is 1. The van der Waals surface area contributed by atoms with E-state index in [1.165, 1.54) is 44.9 Å². The Labute approximate surface area is 119 Å². The first-order chi connectivity index (χ1) is 8.74. The zero-order valence-corrected chi connectivity index (χ0v) is 15.7. The molecule has 1 saturated carbocycles. The SMILES string of the molecule is CCC[CH2][Sn]([CH2]CCC)([CH2]CCC)[C@@H]1C[C@H]1CO. The van der Waals surface area contributed by atoms with Crippen LogP contribution < -0.4 is 0 Å². The van der Waals surface area contributed by atoms with E-state index >= 15 is 0 Å². The van der Waals surface area contributed by atoms with Gasteiger partial charge in [-0.3, -0.25) is 0 Å². The molecule has 0 aromatic carbocycles. The van der Waals surface area contributed by atoms with Gasteiger partial charge in [-0.15, -0.1) is 0 Å². The van der Waals surface area contributed by atoms with E-state index in [1.807, 2.05) is 0 Å². The van der Waals surface area contributed by atoms with Crippen LogP contribution >= 0.6 is 0 Å². The van der Waals surface area contributed by atoms with Gasteiger partial charge in [0.05, 0.1) is 0 Å². The zero-order chi connectivity index (χ0) is 13.4. The van der Waals surface area contributed by atoms with Gasteiger partial charge in [0, 0.05) is 0 Å². The van der Waals surface area contributed by atoms with Crippen molar-refractivity contribution in [1.29, 1.82) is 0 Å². The minimum atomic E-state index is -1.91. The van der Waals surface area contributed by atoms with E-state index in [-0.39, 0.29) is 0 Å². The molecule has 0 aliphatic heterocycles. The summed E-state index contributed by atoms with van der Waals surface area (Å²) < 4.78 is 5.90. The maximum atomic E-state index is 9.45. The van der Waals surface area contributed by atoms with Gasteiger partial charge < -0.3 is 0 Å². The minimum absolute atomic E-state index is 0.480. The van der Waals surface area contributed by atoms with Crippen molar-refractivity contribution in [1.82, 2.24) is 0 Å². The van der Waals surface area contributed by atoms with Crippen LogP contribution in [0.2, 0.25) is 17.2 Å². The predicted molar refractivity (Wildman–Crippen MR) is 83.8 cm³/mol. The van der Waals surface area contributed by atoms with Crippen molar-refractivity contribution in [3.8, 4) is 0 Å². The van der Waals surface area contributed by atoms with Gasteiger partial charge in [-0.25, -0.2) is 0 Å². The van der Waals surface area contributed by atoms with Crippen LogP contribution in [0.1, 0.15) is 65.7 Å². The number of unbranched alkanes of at least 4 members (excludes halogenated alkanes) is 3. The van der Waals surface area contributed by atoms with Gasteiger partial charge in [-0.05, 0) is 0 Å². The molecule has 0 bridgehead atoms. The van der Waals surface area contributed by atoms with Crippen molar-refractivity contribution in [2.24, 2.45) is 5.92 Å². The van der Waals surface area contributed by atoms with Crippen LogP contribution in [-0.4, -0.2) is 30.1 Å². The molecule has 108 valence electrons. The summed E-state index contributed by atoms with van der Waals surface area (Å²) in [6, 6.07) is 0. The Morgan fingerprint density at radius 1 is 0.889 bits per heavy atom. The van der Waals surface area contributed by atoms with E-state index in [0.29, 0.717) is 6.61 Å². The Bertz CT molecular complexity index is 195. The Balaban J connectivity index is 2.65. The fraction of sp³-hybridized carbons (Fsp3) is 1.00. The molecule has 1 rings (SSSR count). The third kappa shape index (κ3) is 4.70. The molecule has 0 amide bonds. The van der Waals surface area contributed by atoms with Crippen molar-refractivity contribution < 1.29 is 5.11 Å². The summed E-state index contributed by atoms with van der Waals surface area (Å²) in [6.45, 7) is 7.50. The fourth-order valence-electron chi connectivity index (χ4n) is 3.72. The Morgan fingerprint density at radius 2 is 1.33 bits per heavy atom. The summed E-state index contributed by atoms with van der Waals surface area (Å²) in [6.07, 6.45) is 9.91. The van der Waals surface area contributed by atoms with Gasteiger partial charge in [-0.2, -0.15) is 0 Å². The molecule has 2 atom stereocenters. The van der Waals surface area contributed by atoms with Crippen LogP contribution in [0.3, 0.4) is 0 Å². The first-order valence-corrected chi connectivity index (χ1v) is 16.0. The molecule has 0 unspecified atom stereocenters. The fourth-order valence-corrected chi connectivity index (χ4v) is 23.5. The van der Waals surface area contributed by atoms with Crippen molar-refractivity contribution in [3.63, 3.8) is 0 Å². The van der Waals surface area contributed by atoms with E-state index in [2.05, 4.69) is 20.8 Å². The van der Waals surface area contributed by atoms with Crippen molar-refractivity contribution in [2.75, 3.05) is 6.61 Å². The number of aliphatic hydroxyl groups is 1. The van der Waals surface area contributed by atoms with Crippen LogP contribution in [0.15, 0.2) is 0 Å². The topological polar surface area (TPSA) is 20.2 Å². The van der Waals surface area contributed by atoms with Gasteiger partial charge in [0.2, 0.25) is 0 Å². The average molecular weight is 361 g/mol. The molecule has 18 heavy (non-hydrogen) atoms. The van der Waals surface area contributed by atoms with Gasteiger partial charge in [0.1, 0.15) is 0 Å². The number of aliphatic hydroxyl groups excluding tert-OH is 1. The second kappa shape index (κ2) is 8.84. The summed E-state index contributed by atoms with van der Waals surface area (Å²) in [5.41, 5.74) is 0. The molecule has 0 aromatic rings. The standard InChI is InChI=1S/C4H7O.3C4H9.Sn/c5-3-4-1-2-4;3*1-3-4-2;/h1,4-5H,2-3H2;3*1,3-4H2,2H3;/t4-;;;;/m0..../s1. The Morgan fingerprint density at radius 3 is 1.61 bits per heavy atom. The molecule has 1 aliphatic rings. The van der Waals surface area contributed by atoms with Crippen LogP contribution in [0.5, 0.6) is 0 Å². The van der Waals surface area contributed by atoms with E-state index in [4.69, 9.17) is 0 Å². The first-order valence-electron chi connectivity index (χ1n) is 8.34. The summed E-state index contributed by atoms with van der Waals surface area (Å²) in [5.74, 6) is 0.728. The monoisotopic (exact) mass is 362 g/mol. The third-order valence-electron chi connectivity index (χ3n) is 5.03. The molecule has 0 aromatic heterocycles. The van der Waals surface area contributed by atoms with E-state index < -0.39 is 18.4 Å². The van der Waals surface area contributed by atoms with Gasteiger partial charge in [-0.1, -0.05) is 0 Å². The number of hydrogen-bond acceptors (Lipinski definition) is 1. The summed E-state index contributed by atoms with van der Waals surface area (Å²) in [5, 5.41) is 9.45. The zero-order valence-electron chi connectivity index (χ0n) is 12.9. The summed E-state index contributed by atoms with van der Waals surface area (Å²) in [7, 11) is 0. The molecular weight excluding hydrogens is 327 g/mol. The molecule has 0 radical (unpaired) electrons. The molecule has 0 saturated heterocycles. The van der Waals surface area contributed by atoms with Gasteiger partial charge in [0.15, 0.2) is 0 Å². The quantitative estimate of drug-likeness (QED) is 0.501. The van der Waals surface area contributed by atoms with Crippen LogP contribution in [0, 0.1) is 5.92 Å². The molecule has 0 heterocycles. The van der Waals surface area contributed by atoms with Gasteiger partial charge in [0.25, 0.3) is 0 Å². The second-order valence-electron chi connectivity index (χ2n) is 6.46. The molecule has 1 aliphatic carbocycles. The molecule has 0 spiro atoms. The summed E-state index contributed by atoms with van der Waals surface area (Å²) in [4.78, 5) is 0. The predicted octanol–water partition coefficient (Wildman–Crippen LogP) is 5.22. The van der Waals surface area contributed by atoms with Gasteiger partial charge >= 0.3 is 119 Å². The third-order valence-corrected chi connectivity index (χ3v) is 23.1. The number of rotatable bonds is 11. The van der Waals surface area contributed by atoms with Crippen LogP contribution in [0.4, 0.5) is 0 Å². The van der Waals surface area contributed by atoms with Crippen molar-refractivity contribution in [3.05, 3.63) is 0 Å². The van der Waals surface area contributed by atoms with E-state index in [0.717, 1.165) is 9.85 Å². The first kappa shape index (κ1) is 16.8. The maximum absolute atomic E-state index is 9.45. The second-order valence-corrected chi connectivity index (χ2v) is 20.6. The average Bonchev–Trinajstić information content (AvgIpc) is 3.18. The molecule has 2 heteroatoms.